The molecule has 5 nitrogen and oxygen atoms in total. The summed E-state index contributed by atoms with van der Waals surface area (Å²) < 4.78 is 32.8. The van der Waals surface area contributed by atoms with E-state index >= 15 is 8.78 Å². The third kappa shape index (κ3) is 3.26. The van der Waals surface area contributed by atoms with Gasteiger partial charge in [0.15, 0.2) is 17.2 Å². The van der Waals surface area contributed by atoms with E-state index in [1.807, 2.05) is 14.0 Å². The van der Waals surface area contributed by atoms with E-state index in [1.165, 1.54) is 18.2 Å². The highest BCUT2D eigenvalue weighted by atomic mass is 19.1. The molecule has 34 heavy (non-hydrogen) atoms. The van der Waals surface area contributed by atoms with Crippen molar-refractivity contribution in [2.24, 2.45) is 28.1 Å². The number of unbranched alkanes of at least 4 members (excludes halogenated alkanes) is 1. The van der Waals surface area contributed by atoms with Gasteiger partial charge in [0.05, 0.1) is 6.10 Å². The number of allylic oxidation sites excluding steroid dienone is 4. The van der Waals surface area contributed by atoms with Crippen molar-refractivity contribution in [1.29, 1.82) is 0 Å². The molecule has 0 radical (unpaired) electrons. The molecule has 3 fully saturated rings. The highest BCUT2D eigenvalue weighted by molar-refractivity contribution is 6.01. The Morgan fingerprint density at radius 2 is 2.00 bits per heavy atom. The number of halogens is 2. The maximum Gasteiger partial charge on any atom is 0.178 e. The Kier molecular flexibility index (Phi) is 6.48. The minimum Gasteiger partial charge on any atom is -0.390 e. The van der Waals surface area contributed by atoms with E-state index in [2.05, 4.69) is 11.8 Å². The average Bonchev–Trinajstić information content (AvgIpc) is 3.07. The number of ketones is 2. The number of carbonyl (C=O) groups excluding carboxylic acids is 2. The molecule has 0 aromatic rings. The van der Waals surface area contributed by atoms with Gasteiger partial charge in [0.2, 0.25) is 0 Å². The van der Waals surface area contributed by atoms with Crippen LogP contribution >= 0.6 is 0 Å². The van der Waals surface area contributed by atoms with Crippen LogP contribution in [0, 0.1) is 28.1 Å². The van der Waals surface area contributed by atoms with Crippen molar-refractivity contribution in [1.82, 2.24) is 4.90 Å². The molecular weight excluding hydrogens is 440 g/mol. The van der Waals surface area contributed by atoms with Crippen LogP contribution in [0.2, 0.25) is 0 Å². The van der Waals surface area contributed by atoms with Crippen molar-refractivity contribution >= 4 is 11.6 Å². The van der Waals surface area contributed by atoms with Crippen LogP contribution in [-0.4, -0.2) is 71.4 Å². The molecule has 7 heteroatoms. The molecule has 0 heterocycles. The molecule has 0 amide bonds. The van der Waals surface area contributed by atoms with E-state index < -0.39 is 46.7 Å². The SMILES string of the molecule is CCCCN(C)C[C@]1(C(=O)CO)CCC2[C@@H]3C[C@H](F)C4=CC(=O)C=C[C@]4(C)[C@@]3(F)[C@@H](O)C[C@@]21C. The van der Waals surface area contributed by atoms with E-state index in [4.69, 9.17) is 0 Å². The zero-order valence-electron chi connectivity index (χ0n) is 20.8. The topological polar surface area (TPSA) is 77.8 Å². The summed E-state index contributed by atoms with van der Waals surface area (Å²) in [5.41, 5.74) is -5.17. The predicted octanol–water partition coefficient (Wildman–Crippen LogP) is 3.58. The highest BCUT2D eigenvalue weighted by Crippen LogP contribution is 2.72. The lowest BCUT2D eigenvalue weighted by atomic mass is 9.43. The van der Waals surface area contributed by atoms with Crippen LogP contribution in [0.15, 0.2) is 23.8 Å². The standard InChI is InChI=1S/C27H39F2NO4/c1-5-6-11-30(4)16-26(23(34)15-31)10-8-18-19-13-21(28)20-12-17(32)7-9-24(20,2)27(19,29)22(33)14-25(18,26)3/h7,9,12,18-19,21-22,31,33H,5-6,8,10-11,13-16H2,1-4H3/t18?,19-,21-,22-,24-,25-,26-,27-/m0/s1. The van der Waals surface area contributed by atoms with Crippen LogP contribution in [0.25, 0.3) is 0 Å². The van der Waals surface area contributed by atoms with Gasteiger partial charge >= 0.3 is 0 Å². The molecule has 2 N–H and O–H groups in total. The number of nitrogens with zero attached hydrogens (tertiary/aromatic N) is 1. The van der Waals surface area contributed by atoms with E-state index in [1.54, 1.807) is 6.92 Å². The van der Waals surface area contributed by atoms with Gasteiger partial charge in [-0.2, -0.15) is 0 Å². The van der Waals surface area contributed by atoms with Crippen molar-refractivity contribution in [2.45, 2.75) is 77.2 Å². The van der Waals surface area contributed by atoms with E-state index in [0.29, 0.717) is 19.4 Å². The highest BCUT2D eigenvalue weighted by Gasteiger charge is 2.75. The zero-order valence-corrected chi connectivity index (χ0v) is 20.8. The van der Waals surface area contributed by atoms with Gasteiger partial charge in [-0.3, -0.25) is 9.59 Å². The molecule has 4 aliphatic rings. The molecule has 0 aromatic heterocycles. The second kappa shape index (κ2) is 8.59. The van der Waals surface area contributed by atoms with Crippen LogP contribution in [0.5, 0.6) is 0 Å². The van der Waals surface area contributed by atoms with Gasteiger partial charge in [0.1, 0.15) is 12.8 Å². The number of aliphatic hydroxyl groups is 2. The first-order valence-corrected chi connectivity index (χ1v) is 12.7. The average molecular weight is 480 g/mol. The quantitative estimate of drug-likeness (QED) is 0.584. The fraction of sp³-hybridized carbons (Fsp3) is 0.778. The summed E-state index contributed by atoms with van der Waals surface area (Å²) >= 11 is 0. The van der Waals surface area contributed by atoms with Crippen LogP contribution < -0.4 is 0 Å². The first-order chi connectivity index (χ1) is 15.9. The molecular formula is C27H39F2NO4. The smallest absolute Gasteiger partial charge is 0.178 e. The number of carbonyl (C=O) groups is 2. The van der Waals surface area contributed by atoms with Gasteiger partial charge < -0.3 is 15.1 Å². The van der Waals surface area contributed by atoms with E-state index in [0.717, 1.165) is 19.4 Å². The van der Waals surface area contributed by atoms with Crippen molar-refractivity contribution in [3.05, 3.63) is 23.8 Å². The number of alkyl halides is 2. The zero-order chi connectivity index (χ0) is 25.1. The molecule has 0 aromatic carbocycles. The molecule has 8 atom stereocenters. The van der Waals surface area contributed by atoms with Crippen LogP contribution in [0.4, 0.5) is 8.78 Å². The third-order valence-electron chi connectivity index (χ3n) is 10.1. The molecule has 190 valence electrons. The minimum atomic E-state index is -2.14. The molecule has 0 spiro atoms. The van der Waals surface area contributed by atoms with Gasteiger partial charge in [-0.15, -0.1) is 0 Å². The number of aliphatic hydroxyl groups excluding tert-OH is 2. The van der Waals surface area contributed by atoms with Gasteiger partial charge in [-0.05, 0) is 81.7 Å². The number of fused-ring (bicyclic) bond motifs is 5. The third-order valence-corrected chi connectivity index (χ3v) is 10.1. The summed E-state index contributed by atoms with van der Waals surface area (Å²) in [6, 6.07) is 0. The second-order valence-corrected chi connectivity index (χ2v) is 11.7. The lowest BCUT2D eigenvalue weighted by Gasteiger charge is -2.63. The summed E-state index contributed by atoms with van der Waals surface area (Å²) in [6.45, 7) is 6.25. The van der Waals surface area contributed by atoms with Gasteiger partial charge in [-0.25, -0.2) is 8.78 Å². The maximum atomic E-state index is 17.2. The van der Waals surface area contributed by atoms with Crippen molar-refractivity contribution < 1.29 is 28.6 Å². The molecule has 1 unspecified atom stereocenters. The summed E-state index contributed by atoms with van der Waals surface area (Å²) in [7, 11) is 1.96. The molecule has 0 aliphatic heterocycles. The number of Topliss-reactive ketones (excluding diaryl/α,β-unsaturated/α-hetero) is 1. The number of rotatable bonds is 7. The Hall–Kier alpha value is -1.44. The summed E-state index contributed by atoms with van der Waals surface area (Å²) in [5, 5.41) is 21.4. The molecule has 4 rings (SSSR count). The first-order valence-electron chi connectivity index (χ1n) is 12.7. The Morgan fingerprint density at radius 3 is 2.65 bits per heavy atom. The van der Waals surface area contributed by atoms with Crippen molar-refractivity contribution in [2.75, 3.05) is 26.7 Å². The fourth-order valence-corrected chi connectivity index (χ4v) is 8.25. The number of hydrogen-bond donors (Lipinski definition) is 2. The first kappa shape index (κ1) is 25.6. The summed E-state index contributed by atoms with van der Waals surface area (Å²) in [5.74, 6) is -1.76. The molecule has 0 saturated heterocycles. The Bertz CT molecular complexity index is 920. The van der Waals surface area contributed by atoms with Crippen molar-refractivity contribution in [3.63, 3.8) is 0 Å². The Balaban J connectivity index is 1.78. The molecule has 0 bridgehead atoms. The second-order valence-electron chi connectivity index (χ2n) is 11.7. The van der Waals surface area contributed by atoms with Crippen molar-refractivity contribution in [3.8, 4) is 0 Å². The maximum absolute atomic E-state index is 17.2. The van der Waals surface area contributed by atoms with Gasteiger partial charge in [0.25, 0.3) is 0 Å². The lowest BCUT2D eigenvalue weighted by Crippen LogP contribution is -2.70. The van der Waals surface area contributed by atoms with E-state index in [9.17, 15) is 19.8 Å². The minimum absolute atomic E-state index is 0.0552. The van der Waals surface area contributed by atoms with Gasteiger partial charge in [0, 0.05) is 23.3 Å². The van der Waals surface area contributed by atoms with Crippen LogP contribution in [-0.2, 0) is 9.59 Å². The Labute approximate surface area is 201 Å². The van der Waals surface area contributed by atoms with Gasteiger partial charge in [-0.1, -0.05) is 26.3 Å². The summed E-state index contributed by atoms with van der Waals surface area (Å²) in [6.07, 6.45) is 3.93. The fourth-order valence-electron chi connectivity index (χ4n) is 8.25. The van der Waals surface area contributed by atoms with Crippen LogP contribution in [0.1, 0.15) is 59.3 Å². The monoisotopic (exact) mass is 479 g/mol. The summed E-state index contributed by atoms with van der Waals surface area (Å²) in [4.78, 5) is 27.4. The predicted molar refractivity (Wildman–Crippen MR) is 126 cm³/mol. The van der Waals surface area contributed by atoms with E-state index in [-0.39, 0.29) is 35.9 Å². The number of hydrogen-bond acceptors (Lipinski definition) is 5. The Morgan fingerprint density at radius 1 is 1.29 bits per heavy atom. The molecule has 3 saturated carbocycles. The van der Waals surface area contributed by atoms with Crippen LogP contribution in [0.3, 0.4) is 0 Å². The lowest BCUT2D eigenvalue weighted by molar-refractivity contribution is -0.212. The molecule has 4 aliphatic carbocycles. The largest absolute Gasteiger partial charge is 0.390 e. The normalized spacial score (nSPS) is 45.6.